The van der Waals surface area contributed by atoms with E-state index in [1.807, 2.05) is 6.20 Å². The number of hydrogen-bond donors (Lipinski definition) is 1. The second kappa shape index (κ2) is 5.63. The summed E-state index contributed by atoms with van der Waals surface area (Å²) in [6.45, 7) is 2.67. The maximum atomic E-state index is 9.57. The molecular weight excluding hydrogens is 238 g/mol. The summed E-state index contributed by atoms with van der Waals surface area (Å²) in [4.78, 5) is 7.08. The van der Waals surface area contributed by atoms with Crippen molar-refractivity contribution < 1.29 is 5.11 Å². The SMILES string of the molecule is CN1CCCC(Cc2ncc3n2C(CO)CCC3)C1. The Bertz CT molecular complexity index is 429. The number of aromatic nitrogens is 2. The van der Waals surface area contributed by atoms with Gasteiger partial charge in [0.05, 0.1) is 12.6 Å². The minimum atomic E-state index is 0.251. The monoisotopic (exact) mass is 263 g/mol. The predicted octanol–water partition coefficient (Wildman–Crippen LogP) is 1.64. The lowest BCUT2D eigenvalue weighted by Gasteiger charge is -2.31. The van der Waals surface area contributed by atoms with Crippen molar-refractivity contribution in [1.82, 2.24) is 14.5 Å². The van der Waals surface area contributed by atoms with Crippen LogP contribution in [0.4, 0.5) is 0 Å². The van der Waals surface area contributed by atoms with Crippen molar-refractivity contribution in [2.24, 2.45) is 5.92 Å². The molecule has 0 aromatic carbocycles. The maximum Gasteiger partial charge on any atom is 0.109 e. The van der Waals surface area contributed by atoms with Crippen LogP contribution in [0.3, 0.4) is 0 Å². The van der Waals surface area contributed by atoms with Crippen LogP contribution in [0.5, 0.6) is 0 Å². The lowest BCUT2D eigenvalue weighted by molar-refractivity contribution is 0.191. The summed E-state index contributed by atoms with van der Waals surface area (Å²) in [6.07, 6.45) is 9.12. The van der Waals surface area contributed by atoms with Gasteiger partial charge in [-0.05, 0) is 51.6 Å². The fraction of sp³-hybridized carbons (Fsp3) is 0.800. The van der Waals surface area contributed by atoms with Gasteiger partial charge in [0, 0.05) is 24.9 Å². The van der Waals surface area contributed by atoms with E-state index in [9.17, 15) is 5.11 Å². The van der Waals surface area contributed by atoms with Crippen LogP contribution < -0.4 is 0 Å². The molecule has 0 amide bonds. The number of hydrogen-bond acceptors (Lipinski definition) is 3. The van der Waals surface area contributed by atoms with Gasteiger partial charge in [-0.25, -0.2) is 4.98 Å². The van der Waals surface area contributed by atoms with E-state index >= 15 is 0 Å². The van der Waals surface area contributed by atoms with Crippen LogP contribution in [0.15, 0.2) is 6.20 Å². The van der Waals surface area contributed by atoms with Gasteiger partial charge >= 0.3 is 0 Å². The number of fused-ring (bicyclic) bond motifs is 1. The summed E-state index contributed by atoms with van der Waals surface area (Å²) in [5.41, 5.74) is 1.32. The van der Waals surface area contributed by atoms with Gasteiger partial charge in [-0.1, -0.05) is 0 Å². The van der Waals surface area contributed by atoms with Gasteiger partial charge in [0.15, 0.2) is 0 Å². The largest absolute Gasteiger partial charge is 0.394 e. The number of likely N-dealkylation sites (tertiary alicyclic amines) is 1. The molecule has 1 aromatic heterocycles. The summed E-state index contributed by atoms with van der Waals surface area (Å²) in [5.74, 6) is 1.93. The van der Waals surface area contributed by atoms with Crippen LogP contribution in [0, 0.1) is 5.92 Å². The first kappa shape index (κ1) is 13.1. The molecule has 0 aliphatic carbocycles. The third-order valence-corrected chi connectivity index (χ3v) is 4.69. The van der Waals surface area contributed by atoms with Crippen LogP contribution in [0.1, 0.15) is 43.2 Å². The molecule has 1 N–H and O–H groups in total. The average Bonchev–Trinajstić information content (AvgIpc) is 2.82. The second-order valence-corrected chi connectivity index (χ2v) is 6.24. The van der Waals surface area contributed by atoms with E-state index in [2.05, 4.69) is 21.5 Å². The number of imidazole rings is 1. The zero-order valence-corrected chi connectivity index (χ0v) is 11.9. The molecule has 0 radical (unpaired) electrons. The highest BCUT2D eigenvalue weighted by atomic mass is 16.3. The van der Waals surface area contributed by atoms with Gasteiger partial charge in [0.2, 0.25) is 0 Å². The molecule has 106 valence electrons. The van der Waals surface area contributed by atoms with E-state index in [0.29, 0.717) is 0 Å². The summed E-state index contributed by atoms with van der Waals surface area (Å²) in [7, 11) is 2.21. The van der Waals surface area contributed by atoms with Crippen molar-refractivity contribution in [2.75, 3.05) is 26.7 Å². The molecule has 3 heterocycles. The van der Waals surface area contributed by atoms with Gasteiger partial charge in [-0.15, -0.1) is 0 Å². The van der Waals surface area contributed by atoms with Crippen molar-refractivity contribution in [2.45, 2.75) is 44.6 Å². The van der Waals surface area contributed by atoms with E-state index in [4.69, 9.17) is 0 Å². The van der Waals surface area contributed by atoms with Crippen LogP contribution in [0.25, 0.3) is 0 Å². The minimum Gasteiger partial charge on any atom is -0.394 e. The fourth-order valence-electron chi connectivity index (χ4n) is 3.74. The molecule has 0 spiro atoms. The first-order valence-corrected chi connectivity index (χ1v) is 7.62. The van der Waals surface area contributed by atoms with Crippen LogP contribution >= 0.6 is 0 Å². The van der Waals surface area contributed by atoms with Gasteiger partial charge in [-0.3, -0.25) is 0 Å². The Morgan fingerprint density at radius 3 is 3.05 bits per heavy atom. The smallest absolute Gasteiger partial charge is 0.109 e. The quantitative estimate of drug-likeness (QED) is 0.901. The molecule has 0 bridgehead atoms. The highest BCUT2D eigenvalue weighted by Crippen LogP contribution is 2.28. The average molecular weight is 263 g/mol. The highest BCUT2D eigenvalue weighted by Gasteiger charge is 2.25. The summed E-state index contributed by atoms with van der Waals surface area (Å²) >= 11 is 0. The second-order valence-electron chi connectivity index (χ2n) is 6.24. The van der Waals surface area contributed by atoms with Gasteiger partial charge in [0.1, 0.15) is 5.82 Å². The van der Waals surface area contributed by atoms with Crippen molar-refractivity contribution in [3.8, 4) is 0 Å². The molecule has 3 rings (SSSR count). The zero-order valence-electron chi connectivity index (χ0n) is 11.9. The Hall–Kier alpha value is -0.870. The first-order valence-electron chi connectivity index (χ1n) is 7.62. The third kappa shape index (κ3) is 2.70. The molecule has 2 unspecified atom stereocenters. The maximum absolute atomic E-state index is 9.57. The Morgan fingerprint density at radius 2 is 2.26 bits per heavy atom. The van der Waals surface area contributed by atoms with Crippen molar-refractivity contribution in [1.29, 1.82) is 0 Å². The molecule has 4 nitrogen and oxygen atoms in total. The Balaban J connectivity index is 1.76. The molecule has 0 saturated carbocycles. The van der Waals surface area contributed by atoms with E-state index in [1.165, 1.54) is 43.9 Å². The lowest BCUT2D eigenvalue weighted by Crippen LogP contribution is -2.34. The highest BCUT2D eigenvalue weighted by molar-refractivity contribution is 5.11. The summed E-state index contributed by atoms with van der Waals surface area (Å²) < 4.78 is 2.33. The number of aryl methyl sites for hydroxylation is 1. The van der Waals surface area contributed by atoms with E-state index in [-0.39, 0.29) is 12.6 Å². The zero-order chi connectivity index (χ0) is 13.2. The molecule has 1 aromatic rings. The fourth-order valence-corrected chi connectivity index (χ4v) is 3.74. The normalized spacial score (nSPS) is 28.3. The minimum absolute atomic E-state index is 0.251. The molecule has 4 heteroatoms. The molecular formula is C15H25N3O. The molecule has 2 aliphatic rings. The molecule has 2 atom stereocenters. The molecule has 2 aliphatic heterocycles. The molecule has 1 fully saturated rings. The van der Waals surface area contributed by atoms with Crippen molar-refractivity contribution >= 4 is 0 Å². The standard InChI is InChI=1S/C15H25N3O/c1-17-7-3-4-12(10-17)8-15-16-9-13-5-2-6-14(11-19)18(13)15/h9,12,14,19H,2-8,10-11H2,1H3. The summed E-state index contributed by atoms with van der Waals surface area (Å²) in [6, 6.07) is 0.266. The topological polar surface area (TPSA) is 41.3 Å². The Labute approximate surface area is 115 Å². The Kier molecular flexibility index (Phi) is 3.89. The van der Waals surface area contributed by atoms with E-state index in [0.717, 1.165) is 25.2 Å². The number of piperidine rings is 1. The number of aliphatic hydroxyl groups is 1. The lowest BCUT2D eigenvalue weighted by atomic mass is 9.94. The third-order valence-electron chi connectivity index (χ3n) is 4.69. The van der Waals surface area contributed by atoms with Gasteiger partial charge in [-0.2, -0.15) is 0 Å². The van der Waals surface area contributed by atoms with Crippen molar-refractivity contribution in [3.05, 3.63) is 17.7 Å². The van der Waals surface area contributed by atoms with Crippen molar-refractivity contribution in [3.63, 3.8) is 0 Å². The number of aliphatic hydroxyl groups excluding tert-OH is 1. The van der Waals surface area contributed by atoms with Crippen LogP contribution in [0.2, 0.25) is 0 Å². The summed E-state index contributed by atoms with van der Waals surface area (Å²) in [5, 5.41) is 9.57. The molecule has 19 heavy (non-hydrogen) atoms. The Morgan fingerprint density at radius 1 is 1.37 bits per heavy atom. The number of nitrogens with zero attached hydrogens (tertiary/aromatic N) is 3. The van der Waals surface area contributed by atoms with Gasteiger partial charge in [0.25, 0.3) is 0 Å². The molecule has 1 saturated heterocycles. The van der Waals surface area contributed by atoms with Crippen LogP contribution in [-0.2, 0) is 12.8 Å². The van der Waals surface area contributed by atoms with E-state index < -0.39 is 0 Å². The van der Waals surface area contributed by atoms with Crippen LogP contribution in [-0.4, -0.2) is 46.3 Å². The first-order chi connectivity index (χ1) is 9.28. The van der Waals surface area contributed by atoms with E-state index in [1.54, 1.807) is 0 Å². The number of rotatable bonds is 3. The van der Waals surface area contributed by atoms with Gasteiger partial charge < -0.3 is 14.6 Å². The predicted molar refractivity (Wildman–Crippen MR) is 75.2 cm³/mol.